The molecule has 1 saturated heterocycles. The predicted molar refractivity (Wildman–Crippen MR) is 66.3 cm³/mol. The molecule has 0 aromatic rings. The molecule has 5 nitrogen and oxygen atoms in total. The topological polar surface area (TPSA) is 59.4 Å². The largest absolute Gasteiger partial charge is 0.353 e. The smallest absolute Gasteiger partial charge is 0.239 e. The normalized spacial score (nSPS) is 23.1. The van der Waals surface area contributed by atoms with Crippen molar-refractivity contribution in [2.24, 2.45) is 5.41 Å². The summed E-state index contributed by atoms with van der Waals surface area (Å²) in [7, 11) is 4.15. The molecule has 0 bridgehead atoms. The van der Waals surface area contributed by atoms with Crippen molar-refractivity contribution in [1.29, 1.82) is 5.26 Å². The van der Waals surface area contributed by atoms with Gasteiger partial charge in [-0.1, -0.05) is 0 Å². The zero-order chi connectivity index (χ0) is 13.1. The number of piperazine rings is 1. The minimum atomic E-state index is -0.945. The lowest BCUT2D eigenvalue weighted by Crippen LogP contribution is -2.55. The van der Waals surface area contributed by atoms with Crippen molar-refractivity contribution >= 4 is 5.91 Å². The van der Waals surface area contributed by atoms with Gasteiger partial charge >= 0.3 is 0 Å². The zero-order valence-electron chi connectivity index (χ0n) is 11.2. The van der Waals surface area contributed by atoms with Crippen LogP contribution in [0, 0.1) is 16.7 Å². The molecule has 1 rings (SSSR count). The highest BCUT2D eigenvalue weighted by atomic mass is 16.2. The minimum Gasteiger partial charge on any atom is -0.353 e. The molecule has 1 amide bonds. The summed E-state index contributed by atoms with van der Waals surface area (Å²) in [4.78, 5) is 16.3. The summed E-state index contributed by atoms with van der Waals surface area (Å²) in [6.07, 6.45) is 0. The Morgan fingerprint density at radius 2 is 2.12 bits per heavy atom. The molecular formula is C12H22N4O. The highest BCUT2D eigenvalue weighted by molar-refractivity contribution is 5.84. The number of amides is 1. The Bertz CT molecular complexity index is 321. The summed E-state index contributed by atoms with van der Waals surface area (Å²) in [5.41, 5.74) is -0.945. The molecule has 0 spiro atoms. The second-order valence-electron chi connectivity index (χ2n) is 5.34. The fourth-order valence-electron chi connectivity index (χ4n) is 1.80. The van der Waals surface area contributed by atoms with Crippen molar-refractivity contribution in [2.75, 3.05) is 40.3 Å². The van der Waals surface area contributed by atoms with Crippen molar-refractivity contribution in [3.63, 3.8) is 0 Å². The summed E-state index contributed by atoms with van der Waals surface area (Å²) >= 11 is 0. The number of nitrogens with zero attached hydrogens (tertiary/aromatic N) is 3. The molecule has 1 atom stereocenters. The SMILES string of the molecule is CN1CCN(C)C(CNC(=O)C(C)(C)C#N)C1. The zero-order valence-corrected chi connectivity index (χ0v) is 11.2. The number of nitriles is 1. The molecule has 0 aromatic heterocycles. The maximum absolute atomic E-state index is 11.8. The van der Waals surface area contributed by atoms with Gasteiger partial charge in [-0.05, 0) is 27.9 Å². The molecule has 1 fully saturated rings. The van der Waals surface area contributed by atoms with Crippen molar-refractivity contribution in [3.05, 3.63) is 0 Å². The maximum atomic E-state index is 11.8. The maximum Gasteiger partial charge on any atom is 0.239 e. The quantitative estimate of drug-likeness (QED) is 0.746. The van der Waals surface area contributed by atoms with E-state index in [2.05, 4.69) is 29.2 Å². The van der Waals surface area contributed by atoms with Crippen LogP contribution in [-0.4, -0.2) is 62.0 Å². The van der Waals surface area contributed by atoms with E-state index in [-0.39, 0.29) is 5.91 Å². The number of hydrogen-bond acceptors (Lipinski definition) is 4. The minimum absolute atomic E-state index is 0.193. The summed E-state index contributed by atoms with van der Waals surface area (Å²) in [6.45, 7) is 6.90. The molecule has 0 aliphatic carbocycles. The van der Waals surface area contributed by atoms with E-state index in [1.807, 2.05) is 6.07 Å². The van der Waals surface area contributed by atoms with Crippen LogP contribution in [0.15, 0.2) is 0 Å². The highest BCUT2D eigenvalue weighted by Gasteiger charge is 2.29. The first kappa shape index (κ1) is 13.9. The number of rotatable bonds is 3. The first-order valence-corrected chi connectivity index (χ1v) is 5.95. The lowest BCUT2D eigenvalue weighted by molar-refractivity contribution is -0.127. The van der Waals surface area contributed by atoms with E-state index in [0.717, 1.165) is 19.6 Å². The van der Waals surface area contributed by atoms with Gasteiger partial charge in [0.05, 0.1) is 6.07 Å². The van der Waals surface area contributed by atoms with Crippen LogP contribution in [-0.2, 0) is 4.79 Å². The van der Waals surface area contributed by atoms with Gasteiger partial charge in [-0.15, -0.1) is 0 Å². The van der Waals surface area contributed by atoms with E-state index in [0.29, 0.717) is 12.6 Å². The van der Waals surface area contributed by atoms with Crippen molar-refractivity contribution in [3.8, 4) is 6.07 Å². The molecule has 1 unspecified atom stereocenters. The number of likely N-dealkylation sites (N-methyl/N-ethyl adjacent to an activating group) is 2. The van der Waals surface area contributed by atoms with E-state index in [1.54, 1.807) is 13.8 Å². The lowest BCUT2D eigenvalue weighted by atomic mass is 9.94. The van der Waals surface area contributed by atoms with Gasteiger partial charge in [0.25, 0.3) is 0 Å². The fourth-order valence-corrected chi connectivity index (χ4v) is 1.80. The standard InChI is InChI=1S/C12H22N4O/c1-12(2,9-13)11(17)14-7-10-8-15(3)5-6-16(10)4/h10H,5-8H2,1-4H3,(H,14,17). The van der Waals surface area contributed by atoms with Gasteiger partial charge in [0, 0.05) is 32.2 Å². The highest BCUT2D eigenvalue weighted by Crippen LogP contribution is 2.13. The molecule has 0 saturated carbocycles. The Kier molecular flexibility index (Phi) is 4.49. The molecule has 0 aromatic carbocycles. The van der Waals surface area contributed by atoms with Crippen LogP contribution in [0.2, 0.25) is 0 Å². The molecular weight excluding hydrogens is 216 g/mol. The van der Waals surface area contributed by atoms with Crippen LogP contribution in [0.4, 0.5) is 0 Å². The van der Waals surface area contributed by atoms with Gasteiger partial charge in [-0.3, -0.25) is 9.69 Å². The summed E-state index contributed by atoms with van der Waals surface area (Å²) in [5, 5.41) is 11.7. The third-order valence-electron chi connectivity index (χ3n) is 3.33. The van der Waals surface area contributed by atoms with Crippen LogP contribution in [0.5, 0.6) is 0 Å². The monoisotopic (exact) mass is 238 g/mol. The molecule has 0 radical (unpaired) electrons. The van der Waals surface area contributed by atoms with Gasteiger partial charge < -0.3 is 10.2 Å². The average molecular weight is 238 g/mol. The molecule has 1 N–H and O–H groups in total. The van der Waals surface area contributed by atoms with E-state index >= 15 is 0 Å². The van der Waals surface area contributed by atoms with E-state index in [9.17, 15) is 4.79 Å². The van der Waals surface area contributed by atoms with Crippen LogP contribution >= 0.6 is 0 Å². The second-order valence-corrected chi connectivity index (χ2v) is 5.34. The van der Waals surface area contributed by atoms with Gasteiger partial charge in [0.15, 0.2) is 0 Å². The van der Waals surface area contributed by atoms with Crippen molar-refractivity contribution in [2.45, 2.75) is 19.9 Å². The Morgan fingerprint density at radius 3 is 2.71 bits per heavy atom. The summed E-state index contributed by atoms with van der Waals surface area (Å²) in [5.74, 6) is -0.193. The van der Waals surface area contributed by atoms with Gasteiger partial charge in [0.1, 0.15) is 5.41 Å². The van der Waals surface area contributed by atoms with Gasteiger partial charge in [-0.2, -0.15) is 5.26 Å². The van der Waals surface area contributed by atoms with Crippen LogP contribution in [0.1, 0.15) is 13.8 Å². The van der Waals surface area contributed by atoms with Crippen LogP contribution in [0.25, 0.3) is 0 Å². The summed E-state index contributed by atoms with van der Waals surface area (Å²) in [6, 6.07) is 2.34. The van der Waals surface area contributed by atoms with Crippen LogP contribution in [0.3, 0.4) is 0 Å². The van der Waals surface area contributed by atoms with E-state index in [1.165, 1.54) is 0 Å². The Balaban J connectivity index is 2.45. The second kappa shape index (κ2) is 5.48. The lowest BCUT2D eigenvalue weighted by Gasteiger charge is -2.38. The first-order valence-electron chi connectivity index (χ1n) is 5.95. The van der Waals surface area contributed by atoms with Gasteiger partial charge in [0.2, 0.25) is 5.91 Å². The van der Waals surface area contributed by atoms with E-state index in [4.69, 9.17) is 5.26 Å². The van der Waals surface area contributed by atoms with Gasteiger partial charge in [-0.25, -0.2) is 0 Å². The van der Waals surface area contributed by atoms with E-state index < -0.39 is 5.41 Å². The Hall–Kier alpha value is -1.12. The van der Waals surface area contributed by atoms with Crippen molar-refractivity contribution in [1.82, 2.24) is 15.1 Å². The Labute approximate surface area is 103 Å². The van der Waals surface area contributed by atoms with Crippen molar-refractivity contribution < 1.29 is 4.79 Å². The molecule has 96 valence electrons. The predicted octanol–water partition coefficient (Wildman–Crippen LogP) is -0.102. The number of carbonyl (C=O) groups is 1. The number of hydrogen-bond donors (Lipinski definition) is 1. The third kappa shape index (κ3) is 3.69. The number of carbonyl (C=O) groups excluding carboxylic acids is 1. The molecule has 5 heteroatoms. The first-order chi connectivity index (χ1) is 7.86. The molecule has 1 aliphatic heterocycles. The summed E-state index contributed by atoms with van der Waals surface area (Å²) < 4.78 is 0. The Morgan fingerprint density at radius 1 is 1.47 bits per heavy atom. The third-order valence-corrected chi connectivity index (χ3v) is 3.33. The molecule has 17 heavy (non-hydrogen) atoms. The molecule has 1 heterocycles. The average Bonchev–Trinajstić information content (AvgIpc) is 2.29. The van der Waals surface area contributed by atoms with Crippen LogP contribution < -0.4 is 5.32 Å². The fraction of sp³-hybridized carbons (Fsp3) is 0.833. The molecule has 1 aliphatic rings. The number of nitrogens with one attached hydrogen (secondary N) is 1.